The molecule has 2 aliphatic rings. The molecule has 4 heterocycles. The SMILES string of the molecule is CN1CCCC(N2CCN(c3ncnc4c3oc3ccccc34)CC2)C1. The molecule has 0 bridgehead atoms. The van der Waals surface area contributed by atoms with Gasteiger partial charge in [0.25, 0.3) is 0 Å². The van der Waals surface area contributed by atoms with Gasteiger partial charge in [-0.25, -0.2) is 9.97 Å². The van der Waals surface area contributed by atoms with Crippen LogP contribution < -0.4 is 4.90 Å². The molecule has 0 saturated carbocycles. The Balaban J connectivity index is 1.38. The lowest BCUT2D eigenvalue weighted by atomic mass is 10.0. The molecule has 2 saturated heterocycles. The molecule has 3 aromatic rings. The van der Waals surface area contributed by atoms with Gasteiger partial charge in [0.1, 0.15) is 17.4 Å². The normalized spacial score (nSPS) is 23.1. The first-order valence-corrected chi connectivity index (χ1v) is 9.59. The fraction of sp³-hybridized carbons (Fsp3) is 0.500. The van der Waals surface area contributed by atoms with Gasteiger partial charge in [-0.3, -0.25) is 4.90 Å². The summed E-state index contributed by atoms with van der Waals surface area (Å²) in [5, 5.41) is 1.06. The van der Waals surface area contributed by atoms with Gasteiger partial charge in [0.2, 0.25) is 0 Å². The first-order chi connectivity index (χ1) is 12.8. The molecule has 0 aliphatic carbocycles. The van der Waals surface area contributed by atoms with Gasteiger partial charge in [0.05, 0.1) is 0 Å². The highest BCUT2D eigenvalue weighted by molar-refractivity contribution is 6.05. The van der Waals surface area contributed by atoms with Gasteiger partial charge in [0.15, 0.2) is 11.4 Å². The summed E-state index contributed by atoms with van der Waals surface area (Å²) >= 11 is 0. The molecule has 2 fully saturated rings. The lowest BCUT2D eigenvalue weighted by molar-refractivity contribution is 0.106. The Hall–Kier alpha value is -2.18. The molecule has 136 valence electrons. The van der Waals surface area contributed by atoms with Gasteiger partial charge in [-0.15, -0.1) is 0 Å². The Morgan fingerprint density at radius 1 is 1.04 bits per heavy atom. The Morgan fingerprint density at radius 2 is 1.88 bits per heavy atom. The van der Waals surface area contributed by atoms with Gasteiger partial charge in [-0.05, 0) is 38.6 Å². The number of likely N-dealkylation sites (N-methyl/N-ethyl adjacent to an activating group) is 1. The Morgan fingerprint density at radius 3 is 2.73 bits per heavy atom. The number of anilines is 1. The third-order valence-corrected chi connectivity index (χ3v) is 5.87. The number of aromatic nitrogens is 2. The topological polar surface area (TPSA) is 48.6 Å². The van der Waals surface area contributed by atoms with E-state index in [0.717, 1.165) is 54.1 Å². The lowest BCUT2D eigenvalue weighted by Crippen LogP contribution is -2.54. The standard InChI is InChI=1S/C20H25N5O/c1-23-8-4-5-15(13-23)24-9-11-25(12-10-24)20-19-18(21-14-22-20)16-6-2-3-7-17(16)26-19/h2-3,6-7,14-15H,4-5,8-13H2,1H3. The molecule has 2 aliphatic heterocycles. The highest BCUT2D eigenvalue weighted by atomic mass is 16.3. The predicted molar refractivity (Wildman–Crippen MR) is 104 cm³/mol. The third kappa shape index (κ3) is 2.73. The smallest absolute Gasteiger partial charge is 0.196 e. The van der Waals surface area contributed by atoms with Crippen LogP contribution in [0.5, 0.6) is 0 Å². The van der Waals surface area contributed by atoms with E-state index < -0.39 is 0 Å². The second-order valence-corrected chi connectivity index (χ2v) is 7.55. The summed E-state index contributed by atoms with van der Waals surface area (Å²) in [6, 6.07) is 8.79. The van der Waals surface area contributed by atoms with Crippen LogP contribution in [-0.4, -0.2) is 72.1 Å². The van der Waals surface area contributed by atoms with Crippen LogP contribution in [-0.2, 0) is 0 Å². The van der Waals surface area contributed by atoms with Crippen molar-refractivity contribution < 1.29 is 4.42 Å². The van der Waals surface area contributed by atoms with Crippen LogP contribution in [0.4, 0.5) is 5.82 Å². The summed E-state index contributed by atoms with van der Waals surface area (Å²) in [4.78, 5) is 16.5. The molecule has 0 amide bonds. The van der Waals surface area contributed by atoms with Gasteiger partial charge < -0.3 is 14.2 Å². The molecule has 0 radical (unpaired) electrons. The quantitative estimate of drug-likeness (QED) is 0.707. The average molecular weight is 351 g/mol. The zero-order valence-electron chi connectivity index (χ0n) is 15.3. The number of benzene rings is 1. The van der Waals surface area contributed by atoms with E-state index in [4.69, 9.17) is 4.42 Å². The van der Waals surface area contributed by atoms with Crippen molar-refractivity contribution in [1.29, 1.82) is 0 Å². The molecule has 0 N–H and O–H groups in total. The number of furan rings is 1. The van der Waals surface area contributed by atoms with E-state index in [1.54, 1.807) is 6.33 Å². The summed E-state index contributed by atoms with van der Waals surface area (Å²) in [6.07, 6.45) is 4.31. The van der Waals surface area contributed by atoms with E-state index in [0.29, 0.717) is 6.04 Å². The molecule has 26 heavy (non-hydrogen) atoms. The van der Waals surface area contributed by atoms with Gasteiger partial charge >= 0.3 is 0 Å². The number of para-hydroxylation sites is 1. The summed E-state index contributed by atoms with van der Waals surface area (Å²) in [5.41, 5.74) is 2.62. The van der Waals surface area contributed by atoms with E-state index >= 15 is 0 Å². The van der Waals surface area contributed by atoms with E-state index in [-0.39, 0.29) is 0 Å². The van der Waals surface area contributed by atoms with Crippen LogP contribution >= 0.6 is 0 Å². The van der Waals surface area contributed by atoms with Crippen molar-refractivity contribution >= 4 is 27.9 Å². The largest absolute Gasteiger partial charge is 0.450 e. The van der Waals surface area contributed by atoms with E-state index in [1.165, 1.54) is 25.9 Å². The monoisotopic (exact) mass is 351 g/mol. The summed E-state index contributed by atoms with van der Waals surface area (Å²) < 4.78 is 6.11. The zero-order valence-corrected chi connectivity index (χ0v) is 15.3. The van der Waals surface area contributed by atoms with Crippen LogP contribution in [0, 0.1) is 0 Å². The van der Waals surface area contributed by atoms with Gasteiger partial charge in [-0.1, -0.05) is 12.1 Å². The molecule has 6 heteroatoms. The number of hydrogen-bond donors (Lipinski definition) is 0. The van der Waals surface area contributed by atoms with Crippen molar-refractivity contribution in [3.05, 3.63) is 30.6 Å². The number of likely N-dealkylation sites (tertiary alicyclic amines) is 1. The minimum Gasteiger partial charge on any atom is -0.450 e. The summed E-state index contributed by atoms with van der Waals surface area (Å²) in [5.74, 6) is 0.937. The fourth-order valence-corrected chi connectivity index (χ4v) is 4.47. The first-order valence-electron chi connectivity index (χ1n) is 9.59. The van der Waals surface area contributed by atoms with Crippen molar-refractivity contribution in [3.8, 4) is 0 Å². The maximum absolute atomic E-state index is 6.11. The maximum Gasteiger partial charge on any atom is 0.196 e. The van der Waals surface area contributed by atoms with Crippen LogP contribution in [0.1, 0.15) is 12.8 Å². The molecule has 1 aromatic carbocycles. The summed E-state index contributed by atoms with van der Waals surface area (Å²) in [7, 11) is 2.24. The minimum absolute atomic E-state index is 0.701. The van der Waals surface area contributed by atoms with Gasteiger partial charge in [-0.2, -0.15) is 0 Å². The highest BCUT2D eigenvalue weighted by Gasteiger charge is 2.28. The molecule has 5 rings (SSSR count). The van der Waals surface area contributed by atoms with Crippen LogP contribution in [0.25, 0.3) is 22.1 Å². The van der Waals surface area contributed by atoms with Crippen molar-refractivity contribution in [2.45, 2.75) is 18.9 Å². The molecular formula is C20H25N5O. The number of nitrogens with zero attached hydrogens (tertiary/aromatic N) is 5. The predicted octanol–water partition coefficient (Wildman–Crippen LogP) is 2.59. The molecule has 6 nitrogen and oxygen atoms in total. The van der Waals surface area contributed by atoms with E-state index in [2.05, 4.69) is 37.8 Å². The third-order valence-electron chi connectivity index (χ3n) is 5.87. The second kappa shape index (κ2) is 6.52. The van der Waals surface area contributed by atoms with Crippen LogP contribution in [0.15, 0.2) is 35.0 Å². The number of fused-ring (bicyclic) bond motifs is 3. The Labute approximate surface area is 153 Å². The number of hydrogen-bond acceptors (Lipinski definition) is 6. The van der Waals surface area contributed by atoms with Crippen molar-refractivity contribution in [1.82, 2.24) is 19.8 Å². The molecular weight excluding hydrogens is 326 g/mol. The molecule has 1 unspecified atom stereocenters. The summed E-state index contributed by atoms with van der Waals surface area (Å²) in [6.45, 7) is 6.59. The van der Waals surface area contributed by atoms with Gasteiger partial charge in [0, 0.05) is 44.2 Å². The second-order valence-electron chi connectivity index (χ2n) is 7.55. The first kappa shape index (κ1) is 16.0. The van der Waals surface area contributed by atoms with Crippen molar-refractivity contribution in [2.24, 2.45) is 0 Å². The number of piperidine rings is 1. The van der Waals surface area contributed by atoms with Crippen LogP contribution in [0.2, 0.25) is 0 Å². The molecule has 2 aromatic heterocycles. The number of rotatable bonds is 2. The van der Waals surface area contributed by atoms with E-state index in [9.17, 15) is 0 Å². The van der Waals surface area contributed by atoms with Crippen LogP contribution in [0.3, 0.4) is 0 Å². The van der Waals surface area contributed by atoms with Crippen molar-refractivity contribution in [3.63, 3.8) is 0 Å². The Kier molecular flexibility index (Phi) is 4.02. The molecule has 0 spiro atoms. The lowest BCUT2D eigenvalue weighted by Gasteiger charge is -2.42. The maximum atomic E-state index is 6.11. The zero-order chi connectivity index (χ0) is 17.5. The Bertz CT molecular complexity index is 915. The minimum atomic E-state index is 0.701. The average Bonchev–Trinajstić information content (AvgIpc) is 3.07. The number of piperazine rings is 1. The van der Waals surface area contributed by atoms with E-state index in [1.807, 2.05) is 18.2 Å². The fourth-order valence-electron chi connectivity index (χ4n) is 4.47. The van der Waals surface area contributed by atoms with Crippen molar-refractivity contribution in [2.75, 3.05) is 51.2 Å². The molecule has 1 atom stereocenters. The highest BCUT2D eigenvalue weighted by Crippen LogP contribution is 2.32.